The summed E-state index contributed by atoms with van der Waals surface area (Å²) in [7, 11) is 0. The van der Waals surface area contributed by atoms with Crippen molar-refractivity contribution in [3.05, 3.63) is 48.0 Å². The number of hydrogen-bond acceptors (Lipinski definition) is 5. The highest BCUT2D eigenvalue weighted by Crippen LogP contribution is 2.45. The number of benzene rings is 2. The minimum atomic E-state index is -0.153. The zero-order valence-corrected chi connectivity index (χ0v) is 17.2. The van der Waals surface area contributed by atoms with Gasteiger partial charge in [0.25, 0.3) is 0 Å². The van der Waals surface area contributed by atoms with E-state index in [1.165, 1.54) is 0 Å². The number of hydrogen-bond donors (Lipinski definition) is 1. The molecule has 2 heterocycles. The van der Waals surface area contributed by atoms with Crippen LogP contribution < -0.4 is 19.7 Å². The summed E-state index contributed by atoms with van der Waals surface area (Å²) in [6, 6.07) is 13.3. The van der Waals surface area contributed by atoms with Crippen LogP contribution in [0.5, 0.6) is 11.5 Å². The summed E-state index contributed by atoms with van der Waals surface area (Å²) < 4.78 is 10.8. The van der Waals surface area contributed by atoms with E-state index in [2.05, 4.69) is 12.2 Å². The number of rotatable bonds is 7. The summed E-state index contributed by atoms with van der Waals surface area (Å²) in [5, 5.41) is 2.82. The number of unbranched alkanes of at least 4 members (excludes halogenated alkanes) is 2. The second-order valence-electron chi connectivity index (χ2n) is 7.10. The smallest absolute Gasteiger partial charge is 0.238 e. The quantitative estimate of drug-likeness (QED) is 0.667. The van der Waals surface area contributed by atoms with E-state index in [1.807, 2.05) is 42.5 Å². The highest BCUT2D eigenvalue weighted by molar-refractivity contribution is 8.00. The molecule has 0 aliphatic carbocycles. The van der Waals surface area contributed by atoms with Crippen molar-refractivity contribution in [1.82, 2.24) is 0 Å². The van der Waals surface area contributed by atoms with Gasteiger partial charge in [0, 0.05) is 23.9 Å². The van der Waals surface area contributed by atoms with Crippen molar-refractivity contribution >= 4 is 35.0 Å². The average Bonchev–Trinajstić information content (AvgIpc) is 3.34. The first kappa shape index (κ1) is 19.6. The minimum Gasteiger partial charge on any atom is -0.454 e. The molecule has 2 aromatic carbocycles. The van der Waals surface area contributed by atoms with Gasteiger partial charge < -0.3 is 14.8 Å². The Morgan fingerprint density at radius 3 is 2.90 bits per heavy atom. The predicted octanol–water partition coefficient (Wildman–Crippen LogP) is 4.71. The molecule has 2 aliphatic rings. The summed E-state index contributed by atoms with van der Waals surface area (Å²) >= 11 is 1.58. The summed E-state index contributed by atoms with van der Waals surface area (Å²) in [6.45, 7) is 2.32. The van der Waals surface area contributed by atoms with Gasteiger partial charge in [0.2, 0.25) is 18.6 Å². The van der Waals surface area contributed by atoms with Crippen molar-refractivity contribution in [2.75, 3.05) is 22.8 Å². The number of nitrogens with one attached hydrogen (secondary N) is 1. The largest absolute Gasteiger partial charge is 0.454 e. The van der Waals surface area contributed by atoms with Crippen LogP contribution in [0, 0.1) is 0 Å². The zero-order chi connectivity index (χ0) is 20.2. The Labute approximate surface area is 174 Å². The van der Waals surface area contributed by atoms with Gasteiger partial charge in [-0.2, -0.15) is 0 Å². The SMILES string of the molecule is CCCCCC(=O)Nc1cccc([C@H]2SCC(=O)N2c2ccc3c(c2)OCO3)c1. The van der Waals surface area contributed by atoms with Gasteiger partial charge in [0.05, 0.1) is 5.75 Å². The van der Waals surface area contributed by atoms with Crippen LogP contribution in [-0.2, 0) is 9.59 Å². The van der Waals surface area contributed by atoms with Crippen LogP contribution in [0.3, 0.4) is 0 Å². The Kier molecular flexibility index (Phi) is 5.94. The fraction of sp³-hybridized carbons (Fsp3) is 0.364. The van der Waals surface area contributed by atoms with Gasteiger partial charge in [-0.25, -0.2) is 0 Å². The van der Waals surface area contributed by atoms with E-state index in [9.17, 15) is 9.59 Å². The van der Waals surface area contributed by atoms with Gasteiger partial charge in [0.15, 0.2) is 11.5 Å². The Morgan fingerprint density at radius 1 is 1.17 bits per heavy atom. The molecule has 6 nitrogen and oxygen atoms in total. The predicted molar refractivity (Wildman–Crippen MR) is 114 cm³/mol. The second-order valence-corrected chi connectivity index (χ2v) is 8.16. The molecule has 0 unspecified atom stereocenters. The fourth-order valence-corrected chi connectivity index (χ4v) is 4.68. The van der Waals surface area contributed by atoms with Crippen molar-refractivity contribution in [2.45, 2.75) is 38.0 Å². The first-order valence-corrected chi connectivity index (χ1v) is 10.9. The molecule has 1 saturated heterocycles. The van der Waals surface area contributed by atoms with E-state index < -0.39 is 0 Å². The van der Waals surface area contributed by atoms with Crippen LogP contribution >= 0.6 is 11.8 Å². The third kappa shape index (κ3) is 4.34. The molecule has 2 aromatic rings. The Bertz CT molecular complexity index is 917. The maximum absolute atomic E-state index is 12.6. The third-order valence-corrected chi connectivity index (χ3v) is 6.18. The number of carbonyl (C=O) groups is 2. The van der Waals surface area contributed by atoms with Crippen LogP contribution in [0.4, 0.5) is 11.4 Å². The number of anilines is 2. The van der Waals surface area contributed by atoms with Crippen LogP contribution in [0.15, 0.2) is 42.5 Å². The number of carbonyl (C=O) groups excluding carboxylic acids is 2. The molecule has 1 atom stereocenters. The monoisotopic (exact) mass is 412 g/mol. The molecule has 1 fully saturated rings. The minimum absolute atomic E-state index is 0.0263. The molecule has 0 saturated carbocycles. The van der Waals surface area contributed by atoms with Gasteiger partial charge in [0.1, 0.15) is 5.37 Å². The van der Waals surface area contributed by atoms with Crippen LogP contribution in [0.2, 0.25) is 0 Å². The van der Waals surface area contributed by atoms with E-state index in [4.69, 9.17) is 9.47 Å². The summed E-state index contributed by atoms with van der Waals surface area (Å²) in [6.07, 6.45) is 3.56. The number of nitrogens with zero attached hydrogens (tertiary/aromatic N) is 1. The molecule has 0 aromatic heterocycles. The molecule has 2 amide bonds. The molecule has 152 valence electrons. The Balaban J connectivity index is 1.52. The van der Waals surface area contributed by atoms with E-state index >= 15 is 0 Å². The van der Waals surface area contributed by atoms with Crippen molar-refractivity contribution in [3.63, 3.8) is 0 Å². The van der Waals surface area contributed by atoms with Gasteiger partial charge >= 0.3 is 0 Å². The molecule has 2 aliphatic heterocycles. The first-order chi connectivity index (χ1) is 14.2. The van der Waals surface area contributed by atoms with E-state index in [-0.39, 0.29) is 24.0 Å². The molecule has 7 heteroatoms. The molecule has 0 spiro atoms. The first-order valence-electron chi connectivity index (χ1n) is 9.89. The zero-order valence-electron chi connectivity index (χ0n) is 16.3. The molecular formula is C22H24N2O4S. The van der Waals surface area contributed by atoms with Crippen LogP contribution in [-0.4, -0.2) is 24.4 Å². The maximum Gasteiger partial charge on any atom is 0.238 e. The van der Waals surface area contributed by atoms with Crippen molar-refractivity contribution in [1.29, 1.82) is 0 Å². The lowest BCUT2D eigenvalue weighted by molar-refractivity contribution is -0.117. The van der Waals surface area contributed by atoms with E-state index in [0.29, 0.717) is 23.7 Å². The van der Waals surface area contributed by atoms with Crippen LogP contribution in [0.25, 0.3) is 0 Å². The van der Waals surface area contributed by atoms with Crippen molar-refractivity contribution < 1.29 is 19.1 Å². The molecular weight excluding hydrogens is 388 g/mol. The summed E-state index contributed by atoms with van der Waals surface area (Å²) in [5.41, 5.74) is 2.52. The Hall–Kier alpha value is -2.67. The van der Waals surface area contributed by atoms with E-state index in [0.717, 1.165) is 36.2 Å². The van der Waals surface area contributed by atoms with Crippen molar-refractivity contribution in [3.8, 4) is 11.5 Å². The van der Waals surface area contributed by atoms with Gasteiger partial charge in [-0.1, -0.05) is 31.9 Å². The highest BCUT2D eigenvalue weighted by Gasteiger charge is 2.35. The number of amides is 2. The normalized spacial score (nSPS) is 17.6. The maximum atomic E-state index is 12.6. The topological polar surface area (TPSA) is 67.9 Å². The van der Waals surface area contributed by atoms with Gasteiger partial charge in [-0.3, -0.25) is 14.5 Å². The standard InChI is InChI=1S/C22H24N2O4S/c1-2-3-4-8-20(25)23-16-7-5-6-15(11-16)22-24(21(26)13-29-22)17-9-10-18-19(12-17)28-14-27-18/h5-7,9-12,22H,2-4,8,13-14H2,1H3,(H,23,25)/t22-/m1/s1. The number of ether oxygens (including phenoxy) is 2. The molecule has 29 heavy (non-hydrogen) atoms. The third-order valence-electron chi connectivity index (χ3n) is 4.97. The lowest BCUT2D eigenvalue weighted by Crippen LogP contribution is -2.27. The van der Waals surface area contributed by atoms with Crippen LogP contribution in [0.1, 0.15) is 43.5 Å². The summed E-state index contributed by atoms with van der Waals surface area (Å²) in [4.78, 5) is 26.6. The highest BCUT2D eigenvalue weighted by atomic mass is 32.2. The Morgan fingerprint density at radius 2 is 2.03 bits per heavy atom. The fourth-order valence-electron chi connectivity index (χ4n) is 3.51. The summed E-state index contributed by atoms with van der Waals surface area (Å²) in [5.74, 6) is 1.83. The average molecular weight is 413 g/mol. The molecule has 0 bridgehead atoms. The lowest BCUT2D eigenvalue weighted by atomic mass is 10.1. The van der Waals surface area contributed by atoms with Gasteiger partial charge in [-0.15, -0.1) is 11.8 Å². The van der Waals surface area contributed by atoms with Crippen molar-refractivity contribution in [2.24, 2.45) is 0 Å². The lowest BCUT2D eigenvalue weighted by Gasteiger charge is -2.25. The van der Waals surface area contributed by atoms with Gasteiger partial charge in [-0.05, 0) is 36.2 Å². The molecule has 4 rings (SSSR count). The number of thioether (sulfide) groups is 1. The molecule has 1 N–H and O–H groups in total. The second kappa shape index (κ2) is 8.78. The van der Waals surface area contributed by atoms with E-state index in [1.54, 1.807) is 16.7 Å². The number of fused-ring (bicyclic) bond motifs is 1. The molecule has 0 radical (unpaired) electrons.